The molecule has 39 heavy (non-hydrogen) atoms. The first-order chi connectivity index (χ1) is 18.9. The SMILES string of the molecule is C.C1=CCc2ccccc2C1.CC.CC.CC.CC.[HH].c1ccc2c(c1)CCCC2.c1ccc2ccccc2c1. The normalized spacial score (nSPS) is 11.2. The Bertz CT molecular complexity index is 993. The second-order valence-corrected chi connectivity index (χ2v) is 7.97. The quantitative estimate of drug-likeness (QED) is 0.199. The van der Waals surface area contributed by atoms with E-state index in [4.69, 9.17) is 0 Å². The van der Waals surface area contributed by atoms with Crippen LogP contribution in [0.15, 0.2) is 109 Å². The van der Waals surface area contributed by atoms with E-state index in [1.165, 1.54) is 47.6 Å². The highest BCUT2D eigenvalue weighted by Crippen LogP contribution is 2.20. The summed E-state index contributed by atoms with van der Waals surface area (Å²) in [5.74, 6) is 0. The standard InChI is InChI=1S/C10H12.C10H10.C10H8.4C2H6.CH4.H2/c3*1-2-6-10-8-4-3-7-9(10)5-1;4*1-2;;/h1-2,5-6H,3-4,7-8H2;1-6H,7-8H2;1-8H;4*1-2H3;1H4;1H. The van der Waals surface area contributed by atoms with Crippen LogP contribution in [0.4, 0.5) is 0 Å². The lowest BCUT2D eigenvalue weighted by molar-refractivity contribution is 0.685. The summed E-state index contributed by atoms with van der Waals surface area (Å²) in [5.41, 5.74) is 6.14. The molecule has 0 spiro atoms. The third kappa shape index (κ3) is 14.6. The third-order valence-electron chi connectivity index (χ3n) is 5.88. The summed E-state index contributed by atoms with van der Waals surface area (Å²) in [6.45, 7) is 16.0. The van der Waals surface area contributed by atoms with Crippen molar-refractivity contribution < 1.29 is 1.43 Å². The lowest BCUT2D eigenvalue weighted by atomic mass is 9.92. The number of hydrogen-bond acceptors (Lipinski definition) is 0. The minimum atomic E-state index is 0. The highest BCUT2D eigenvalue weighted by molar-refractivity contribution is 5.82. The van der Waals surface area contributed by atoms with Gasteiger partial charge in [0.1, 0.15) is 0 Å². The molecule has 4 aromatic carbocycles. The summed E-state index contributed by atoms with van der Waals surface area (Å²) in [4.78, 5) is 0. The van der Waals surface area contributed by atoms with Crippen LogP contribution >= 0.6 is 0 Å². The Morgan fingerprint density at radius 3 is 0.949 bits per heavy atom. The molecule has 0 radical (unpaired) electrons. The zero-order valence-electron chi connectivity index (χ0n) is 25.6. The second-order valence-electron chi connectivity index (χ2n) is 7.97. The number of allylic oxidation sites excluding steroid dienone is 2. The van der Waals surface area contributed by atoms with Gasteiger partial charge in [0.15, 0.2) is 0 Å². The zero-order valence-corrected chi connectivity index (χ0v) is 25.6. The smallest absolute Gasteiger partial charge is 0 e. The van der Waals surface area contributed by atoms with Gasteiger partial charge in [-0.1, -0.05) is 172 Å². The van der Waals surface area contributed by atoms with E-state index in [2.05, 4.69) is 109 Å². The lowest BCUT2D eigenvalue weighted by Crippen LogP contribution is -2.00. The molecule has 0 saturated heterocycles. The van der Waals surface area contributed by atoms with Gasteiger partial charge in [-0.15, -0.1) is 0 Å². The van der Waals surface area contributed by atoms with E-state index in [9.17, 15) is 0 Å². The minimum absolute atomic E-state index is 0. The maximum Gasteiger partial charge on any atom is 0 e. The van der Waals surface area contributed by atoms with E-state index in [1.54, 1.807) is 11.1 Å². The summed E-state index contributed by atoms with van der Waals surface area (Å²) in [5, 5.41) is 2.62. The number of hydrogen-bond donors (Lipinski definition) is 0. The number of benzene rings is 4. The van der Waals surface area contributed by atoms with Crippen molar-refractivity contribution in [2.75, 3.05) is 0 Å². The van der Waals surface area contributed by atoms with Gasteiger partial charge < -0.3 is 0 Å². The summed E-state index contributed by atoms with van der Waals surface area (Å²) in [7, 11) is 0. The average molecular weight is 529 g/mol. The zero-order chi connectivity index (χ0) is 28.4. The van der Waals surface area contributed by atoms with E-state index in [0.29, 0.717) is 0 Å². The van der Waals surface area contributed by atoms with E-state index >= 15 is 0 Å². The van der Waals surface area contributed by atoms with E-state index in [1.807, 2.05) is 55.4 Å². The monoisotopic (exact) mass is 528 g/mol. The number of aryl methyl sites for hydroxylation is 2. The van der Waals surface area contributed by atoms with Gasteiger partial charge in [0, 0.05) is 1.43 Å². The molecule has 0 saturated carbocycles. The van der Waals surface area contributed by atoms with Crippen molar-refractivity contribution in [3.8, 4) is 0 Å². The highest BCUT2D eigenvalue weighted by atomic mass is 14.1. The van der Waals surface area contributed by atoms with Crippen LogP contribution in [0.1, 0.15) is 99.3 Å². The Morgan fingerprint density at radius 2 is 0.641 bits per heavy atom. The van der Waals surface area contributed by atoms with Crippen molar-refractivity contribution in [3.63, 3.8) is 0 Å². The molecule has 0 aromatic heterocycles. The van der Waals surface area contributed by atoms with Gasteiger partial charge in [-0.2, -0.15) is 0 Å². The fourth-order valence-electron chi connectivity index (χ4n) is 4.19. The summed E-state index contributed by atoms with van der Waals surface area (Å²) >= 11 is 0. The molecule has 0 heterocycles. The minimum Gasteiger partial charge on any atom is -0.0838 e. The maximum atomic E-state index is 2.26. The van der Waals surface area contributed by atoms with Crippen molar-refractivity contribution in [1.82, 2.24) is 0 Å². The molecule has 0 bridgehead atoms. The van der Waals surface area contributed by atoms with Crippen LogP contribution in [0.5, 0.6) is 0 Å². The maximum absolute atomic E-state index is 2.26. The average Bonchev–Trinajstić information content (AvgIpc) is 3.06. The van der Waals surface area contributed by atoms with E-state index in [-0.39, 0.29) is 8.85 Å². The van der Waals surface area contributed by atoms with Crippen LogP contribution < -0.4 is 0 Å². The van der Waals surface area contributed by atoms with Crippen LogP contribution in [0.2, 0.25) is 0 Å². The Balaban J connectivity index is -0.000000446. The van der Waals surface area contributed by atoms with Gasteiger partial charge in [-0.3, -0.25) is 0 Å². The number of fused-ring (bicyclic) bond motifs is 3. The molecular weight excluding hydrogens is 468 g/mol. The van der Waals surface area contributed by atoms with Crippen LogP contribution in [-0.2, 0) is 25.7 Å². The molecule has 0 N–H and O–H groups in total. The second kappa shape index (κ2) is 26.5. The van der Waals surface area contributed by atoms with Gasteiger partial charge in [0.05, 0.1) is 0 Å². The molecule has 216 valence electrons. The first-order valence-corrected chi connectivity index (χ1v) is 15.1. The van der Waals surface area contributed by atoms with Crippen molar-refractivity contribution in [3.05, 3.63) is 131 Å². The van der Waals surface area contributed by atoms with E-state index in [0.717, 1.165) is 12.8 Å². The molecule has 6 rings (SSSR count). The van der Waals surface area contributed by atoms with Crippen LogP contribution in [0, 0.1) is 0 Å². The van der Waals surface area contributed by atoms with Crippen LogP contribution in [0.3, 0.4) is 0 Å². The van der Waals surface area contributed by atoms with Gasteiger partial charge >= 0.3 is 0 Å². The first-order valence-electron chi connectivity index (χ1n) is 15.1. The van der Waals surface area contributed by atoms with Gasteiger partial charge in [0.25, 0.3) is 0 Å². The van der Waals surface area contributed by atoms with Crippen molar-refractivity contribution >= 4 is 10.8 Å². The largest absolute Gasteiger partial charge is 0.0838 e. The van der Waals surface area contributed by atoms with Gasteiger partial charge in [-0.25, -0.2) is 0 Å². The van der Waals surface area contributed by atoms with Crippen molar-refractivity contribution in [1.29, 1.82) is 0 Å². The highest BCUT2D eigenvalue weighted by Gasteiger charge is 2.06. The Morgan fingerprint density at radius 1 is 0.385 bits per heavy atom. The Labute approximate surface area is 244 Å². The molecule has 0 nitrogen and oxygen atoms in total. The van der Waals surface area contributed by atoms with Gasteiger partial charge in [-0.05, 0) is 71.6 Å². The summed E-state index contributed by atoms with van der Waals surface area (Å²) in [6, 6.07) is 34.1. The first kappa shape index (κ1) is 38.0. The van der Waals surface area contributed by atoms with Gasteiger partial charge in [0.2, 0.25) is 0 Å². The third-order valence-corrected chi connectivity index (χ3v) is 5.88. The fourth-order valence-corrected chi connectivity index (χ4v) is 4.19. The summed E-state index contributed by atoms with van der Waals surface area (Å²) < 4.78 is 0. The Kier molecular flexibility index (Phi) is 25.8. The summed E-state index contributed by atoms with van der Waals surface area (Å²) in [6.07, 6.45) is 12.1. The molecule has 0 unspecified atom stereocenters. The predicted octanol–water partition coefficient (Wildman–Crippen LogP) is 12.7. The van der Waals surface area contributed by atoms with Crippen LogP contribution in [0.25, 0.3) is 10.8 Å². The molecule has 0 heteroatoms. The van der Waals surface area contributed by atoms with Crippen molar-refractivity contribution in [2.24, 2.45) is 0 Å². The Hall–Kier alpha value is -3.12. The van der Waals surface area contributed by atoms with Crippen molar-refractivity contribution in [2.45, 2.75) is 101 Å². The number of rotatable bonds is 0. The molecule has 2 aliphatic rings. The lowest BCUT2D eigenvalue weighted by Gasteiger charge is -2.13. The molecule has 0 fully saturated rings. The fraction of sp³-hybridized carbons (Fsp3) is 0.385. The molecule has 0 atom stereocenters. The molecule has 4 aromatic rings. The van der Waals surface area contributed by atoms with Crippen LogP contribution in [-0.4, -0.2) is 0 Å². The molecular formula is C39H60. The molecule has 2 aliphatic carbocycles. The predicted molar refractivity (Wildman–Crippen MR) is 184 cm³/mol. The topological polar surface area (TPSA) is 0 Å². The van der Waals surface area contributed by atoms with E-state index < -0.39 is 0 Å². The molecule has 0 amide bonds. The molecule has 0 aliphatic heterocycles.